The lowest BCUT2D eigenvalue weighted by Crippen LogP contribution is -2.43. The Balaban J connectivity index is 0.000000722. The highest BCUT2D eigenvalue weighted by atomic mass is 14.9. The molecule has 1 spiro atoms. The lowest BCUT2D eigenvalue weighted by atomic mass is 9.69. The number of nitrogens with one attached hydrogen (secondary N) is 2. The van der Waals surface area contributed by atoms with Crippen molar-refractivity contribution >= 4 is 5.69 Å². The summed E-state index contributed by atoms with van der Waals surface area (Å²) in [6.07, 6.45) is 3.89. The van der Waals surface area contributed by atoms with Crippen molar-refractivity contribution in [2.45, 2.75) is 24.7 Å². The van der Waals surface area contributed by atoms with E-state index in [0.717, 1.165) is 6.54 Å². The summed E-state index contributed by atoms with van der Waals surface area (Å²) >= 11 is 0. The van der Waals surface area contributed by atoms with E-state index in [2.05, 4.69) is 34.9 Å². The van der Waals surface area contributed by atoms with Gasteiger partial charge in [0.2, 0.25) is 0 Å². The molecule has 0 radical (unpaired) electrons. The van der Waals surface area contributed by atoms with Gasteiger partial charge in [0.15, 0.2) is 0 Å². The van der Waals surface area contributed by atoms with Crippen LogP contribution in [0, 0.1) is 0 Å². The maximum absolute atomic E-state index is 3.51. The van der Waals surface area contributed by atoms with Crippen LogP contribution in [0.5, 0.6) is 0 Å². The molecule has 2 N–H and O–H groups in total. The summed E-state index contributed by atoms with van der Waals surface area (Å²) in [5.41, 5.74) is 3.39. The zero-order valence-electron chi connectivity index (χ0n) is 9.05. The van der Waals surface area contributed by atoms with Crippen molar-refractivity contribution in [2.75, 3.05) is 25.0 Å². The number of benzene rings is 1. The van der Waals surface area contributed by atoms with Crippen LogP contribution in [0.4, 0.5) is 5.69 Å². The zero-order valence-corrected chi connectivity index (χ0v) is 9.05. The normalized spacial score (nSPS) is 23.2. The Labute approximate surface area is 94.0 Å². The first kappa shape index (κ1) is 9.22. The maximum Gasteiger partial charge on any atom is 0.0378 e. The van der Waals surface area contributed by atoms with Crippen molar-refractivity contribution in [1.29, 1.82) is 0 Å². The molecule has 0 aromatic heterocycles. The average Bonchev–Trinajstić information content (AvgIpc) is 2.31. The van der Waals surface area contributed by atoms with Gasteiger partial charge < -0.3 is 10.6 Å². The Hall–Kier alpha value is -1.02. The van der Waals surface area contributed by atoms with Crippen molar-refractivity contribution < 1.29 is 2.85 Å². The highest BCUT2D eigenvalue weighted by molar-refractivity contribution is 5.57. The average molecular weight is 206 g/mol. The van der Waals surface area contributed by atoms with Gasteiger partial charge in [0.05, 0.1) is 0 Å². The van der Waals surface area contributed by atoms with Gasteiger partial charge in [0.25, 0.3) is 0 Å². The molecule has 1 fully saturated rings. The van der Waals surface area contributed by atoms with Crippen LogP contribution in [-0.4, -0.2) is 19.6 Å². The summed E-state index contributed by atoms with van der Waals surface area (Å²) in [4.78, 5) is 0. The van der Waals surface area contributed by atoms with Crippen molar-refractivity contribution in [3.8, 4) is 0 Å². The van der Waals surface area contributed by atoms with E-state index in [0.29, 0.717) is 5.41 Å². The smallest absolute Gasteiger partial charge is 0.0378 e. The molecule has 0 bridgehead atoms. The first-order chi connectivity index (χ1) is 7.41. The molecule has 1 aromatic rings. The second kappa shape index (κ2) is 3.53. The lowest BCUT2D eigenvalue weighted by Gasteiger charge is -2.42. The van der Waals surface area contributed by atoms with Gasteiger partial charge in [0, 0.05) is 20.5 Å². The molecular formula is C13H22N2. The van der Waals surface area contributed by atoms with E-state index in [1.165, 1.54) is 38.0 Å². The third kappa shape index (κ3) is 1.44. The van der Waals surface area contributed by atoms with E-state index in [4.69, 9.17) is 0 Å². The van der Waals surface area contributed by atoms with Crippen LogP contribution in [0.2, 0.25) is 0 Å². The van der Waals surface area contributed by atoms with Gasteiger partial charge in [0.1, 0.15) is 0 Å². The molecule has 0 saturated carbocycles. The monoisotopic (exact) mass is 206 g/mol. The Morgan fingerprint density at radius 1 is 1.00 bits per heavy atom. The van der Waals surface area contributed by atoms with E-state index in [9.17, 15) is 0 Å². The van der Waals surface area contributed by atoms with E-state index >= 15 is 0 Å². The fourth-order valence-electron chi connectivity index (χ4n) is 3.10. The number of piperidine rings is 1. The highest BCUT2D eigenvalue weighted by Gasteiger charge is 2.37. The summed E-state index contributed by atoms with van der Waals surface area (Å²) in [5.74, 6) is 0. The molecule has 3 rings (SSSR count). The largest absolute Gasteiger partial charge is 0.385 e. The SMILES string of the molecule is [HH].[HH].c1ccc2c(c1)NCCC21CCNCC1. The number of hydrogen-bond donors (Lipinski definition) is 2. The van der Waals surface area contributed by atoms with Gasteiger partial charge in [-0.25, -0.2) is 0 Å². The molecule has 84 valence electrons. The van der Waals surface area contributed by atoms with E-state index < -0.39 is 0 Å². The molecular weight excluding hydrogens is 184 g/mol. The number of rotatable bonds is 0. The number of fused-ring (bicyclic) bond motifs is 2. The Morgan fingerprint density at radius 3 is 2.60 bits per heavy atom. The summed E-state index contributed by atoms with van der Waals surface area (Å²) in [7, 11) is 0. The van der Waals surface area contributed by atoms with Gasteiger partial charge in [-0.1, -0.05) is 18.2 Å². The molecule has 2 aliphatic rings. The van der Waals surface area contributed by atoms with Crippen LogP contribution < -0.4 is 10.6 Å². The minimum absolute atomic E-state index is 0. The Bertz CT molecular complexity index is 362. The van der Waals surface area contributed by atoms with E-state index in [-0.39, 0.29) is 2.85 Å². The Kier molecular flexibility index (Phi) is 2.17. The third-order valence-electron chi connectivity index (χ3n) is 3.98. The Morgan fingerprint density at radius 2 is 1.73 bits per heavy atom. The molecule has 1 saturated heterocycles. The molecule has 0 amide bonds. The topological polar surface area (TPSA) is 24.1 Å². The van der Waals surface area contributed by atoms with Gasteiger partial charge in [-0.15, -0.1) is 0 Å². The fourth-order valence-corrected chi connectivity index (χ4v) is 3.10. The highest BCUT2D eigenvalue weighted by Crippen LogP contribution is 2.42. The van der Waals surface area contributed by atoms with Crippen LogP contribution in [-0.2, 0) is 5.41 Å². The second-order valence-electron chi connectivity index (χ2n) is 4.75. The van der Waals surface area contributed by atoms with Gasteiger partial charge in [-0.05, 0) is 44.0 Å². The molecule has 2 aliphatic heterocycles. The molecule has 1 aromatic carbocycles. The molecule has 15 heavy (non-hydrogen) atoms. The number of anilines is 1. The molecule has 0 atom stereocenters. The van der Waals surface area contributed by atoms with Gasteiger partial charge in [-0.3, -0.25) is 0 Å². The molecule has 0 aliphatic carbocycles. The minimum atomic E-state index is 0. The second-order valence-corrected chi connectivity index (χ2v) is 4.75. The minimum Gasteiger partial charge on any atom is -0.385 e. The van der Waals surface area contributed by atoms with Gasteiger partial charge in [-0.2, -0.15) is 0 Å². The number of para-hydroxylation sites is 1. The van der Waals surface area contributed by atoms with E-state index in [1.54, 1.807) is 5.56 Å². The first-order valence-corrected chi connectivity index (χ1v) is 5.95. The van der Waals surface area contributed by atoms with Crippen molar-refractivity contribution in [3.63, 3.8) is 0 Å². The van der Waals surface area contributed by atoms with Crippen LogP contribution >= 0.6 is 0 Å². The molecule has 2 heterocycles. The van der Waals surface area contributed by atoms with Crippen LogP contribution in [0.15, 0.2) is 24.3 Å². The van der Waals surface area contributed by atoms with Crippen molar-refractivity contribution in [1.82, 2.24) is 5.32 Å². The zero-order chi connectivity index (χ0) is 10.1. The summed E-state index contributed by atoms with van der Waals surface area (Å²) in [6, 6.07) is 8.84. The third-order valence-corrected chi connectivity index (χ3v) is 3.98. The van der Waals surface area contributed by atoms with Crippen molar-refractivity contribution in [2.24, 2.45) is 0 Å². The summed E-state index contributed by atoms with van der Waals surface area (Å²) in [6.45, 7) is 3.49. The van der Waals surface area contributed by atoms with Crippen LogP contribution in [0.1, 0.15) is 27.7 Å². The predicted octanol–water partition coefficient (Wildman–Crippen LogP) is 2.62. The lowest BCUT2D eigenvalue weighted by molar-refractivity contribution is 0.289. The van der Waals surface area contributed by atoms with Crippen LogP contribution in [0.25, 0.3) is 0 Å². The number of hydrogen-bond acceptors (Lipinski definition) is 2. The standard InChI is InChI=1S/C13H18N2.2H2/c1-2-4-12-11(3-1)13(7-10-15-12)5-8-14-9-6-13;;/h1-4,14-15H,5-10H2;2*1H. The molecule has 2 heteroatoms. The first-order valence-electron chi connectivity index (χ1n) is 5.95. The maximum atomic E-state index is 3.51. The molecule has 2 nitrogen and oxygen atoms in total. The summed E-state index contributed by atoms with van der Waals surface area (Å²) in [5, 5.41) is 6.98. The fraction of sp³-hybridized carbons (Fsp3) is 0.538. The van der Waals surface area contributed by atoms with E-state index in [1.807, 2.05) is 0 Å². The quantitative estimate of drug-likeness (QED) is 0.682. The van der Waals surface area contributed by atoms with Gasteiger partial charge >= 0.3 is 0 Å². The summed E-state index contributed by atoms with van der Waals surface area (Å²) < 4.78 is 0. The van der Waals surface area contributed by atoms with Crippen LogP contribution in [0.3, 0.4) is 0 Å². The predicted molar refractivity (Wildman–Crippen MR) is 67.6 cm³/mol. The molecule has 0 unspecified atom stereocenters. The van der Waals surface area contributed by atoms with Crippen molar-refractivity contribution in [3.05, 3.63) is 29.8 Å².